The highest BCUT2D eigenvalue weighted by molar-refractivity contribution is 9.10. The minimum Gasteiger partial charge on any atom is -0.378 e. The Hall–Kier alpha value is -0.260. The van der Waals surface area contributed by atoms with Crippen molar-refractivity contribution in [1.82, 2.24) is 9.97 Å². The summed E-state index contributed by atoms with van der Waals surface area (Å²) in [6.07, 6.45) is 5.41. The molecule has 1 heterocycles. The average molecular weight is 329 g/mol. The molecule has 2 bridgehead atoms. The first kappa shape index (κ1) is 12.8. The van der Waals surface area contributed by atoms with E-state index in [1.54, 1.807) is 7.11 Å². The molecular formula is C13H17BrN2OS. The van der Waals surface area contributed by atoms with E-state index in [9.17, 15) is 0 Å². The lowest BCUT2D eigenvalue weighted by molar-refractivity contribution is 0.180. The van der Waals surface area contributed by atoms with E-state index in [1.165, 1.54) is 25.7 Å². The van der Waals surface area contributed by atoms with Crippen LogP contribution < -0.4 is 0 Å². The summed E-state index contributed by atoms with van der Waals surface area (Å²) in [7, 11) is 1.70. The first-order valence-corrected chi connectivity index (χ1v) is 7.66. The fourth-order valence-corrected chi connectivity index (χ4v) is 4.05. The van der Waals surface area contributed by atoms with Crippen molar-refractivity contribution in [2.45, 2.75) is 38.2 Å². The Bertz CT molecular complexity index is 516. The second kappa shape index (κ2) is 5.02. The Morgan fingerprint density at radius 1 is 1.44 bits per heavy atom. The van der Waals surface area contributed by atoms with Gasteiger partial charge < -0.3 is 9.72 Å². The number of nitrogens with one attached hydrogen (secondary N) is 1. The van der Waals surface area contributed by atoms with Gasteiger partial charge >= 0.3 is 0 Å². The van der Waals surface area contributed by atoms with Gasteiger partial charge in [-0.15, -0.1) is 0 Å². The van der Waals surface area contributed by atoms with Gasteiger partial charge in [-0.25, -0.2) is 4.98 Å². The zero-order valence-electron chi connectivity index (χ0n) is 10.4. The molecule has 2 fully saturated rings. The van der Waals surface area contributed by atoms with E-state index in [0.717, 1.165) is 27.8 Å². The number of hydrogen-bond acceptors (Lipinski definition) is 3. The Balaban J connectivity index is 1.95. The molecule has 1 aromatic rings. The molecule has 3 unspecified atom stereocenters. The third-order valence-electron chi connectivity index (χ3n) is 4.33. The first-order valence-electron chi connectivity index (χ1n) is 6.46. The van der Waals surface area contributed by atoms with Crippen LogP contribution in [-0.2, 0) is 11.3 Å². The Kier molecular flexibility index (Phi) is 3.56. The number of methoxy groups -OCH3 is 1. The monoisotopic (exact) mass is 328 g/mol. The summed E-state index contributed by atoms with van der Waals surface area (Å²) in [5.74, 6) is 3.37. The highest BCUT2D eigenvalue weighted by Gasteiger charge is 2.41. The van der Waals surface area contributed by atoms with Gasteiger partial charge in [0.05, 0.1) is 16.8 Å². The van der Waals surface area contributed by atoms with Crippen LogP contribution in [0, 0.1) is 16.5 Å². The number of hydrogen-bond donors (Lipinski definition) is 1. The van der Waals surface area contributed by atoms with Gasteiger partial charge in [-0.3, -0.25) is 0 Å². The van der Waals surface area contributed by atoms with Gasteiger partial charge in [0.2, 0.25) is 0 Å². The molecule has 2 aliphatic carbocycles. The quantitative estimate of drug-likeness (QED) is 0.853. The van der Waals surface area contributed by atoms with Crippen LogP contribution in [0.5, 0.6) is 0 Å². The summed E-state index contributed by atoms with van der Waals surface area (Å²) in [4.78, 5) is 8.00. The van der Waals surface area contributed by atoms with E-state index in [1.807, 2.05) is 0 Å². The molecule has 2 aliphatic rings. The molecular weight excluding hydrogens is 312 g/mol. The Morgan fingerprint density at radius 2 is 2.28 bits per heavy atom. The highest BCUT2D eigenvalue weighted by atomic mass is 79.9. The summed E-state index contributed by atoms with van der Waals surface area (Å²) in [5.41, 5.74) is 1.01. The van der Waals surface area contributed by atoms with Gasteiger partial charge in [0.15, 0.2) is 0 Å². The standard InChI is InChI=1S/C13H17BrN2OS/c1-17-6-10-11(14)13(18)16-12(15-10)9-5-7-2-3-8(9)4-7/h7-9H,2-6H2,1H3,(H,15,16,18). The lowest BCUT2D eigenvalue weighted by Crippen LogP contribution is -2.14. The zero-order chi connectivity index (χ0) is 12.7. The van der Waals surface area contributed by atoms with E-state index in [4.69, 9.17) is 17.0 Å². The maximum atomic E-state index is 5.33. The Labute approximate surface area is 120 Å². The van der Waals surface area contributed by atoms with E-state index >= 15 is 0 Å². The molecule has 0 radical (unpaired) electrons. The normalized spacial score (nSPS) is 30.0. The molecule has 0 aliphatic heterocycles. The van der Waals surface area contributed by atoms with Gasteiger partial charge in [0.25, 0.3) is 0 Å². The molecule has 0 saturated heterocycles. The van der Waals surface area contributed by atoms with Crippen molar-refractivity contribution in [3.05, 3.63) is 20.6 Å². The molecule has 2 saturated carbocycles. The smallest absolute Gasteiger partial charge is 0.144 e. The largest absolute Gasteiger partial charge is 0.378 e. The second-order valence-corrected chi connectivity index (χ2v) is 6.61. The molecule has 1 aromatic heterocycles. The van der Waals surface area contributed by atoms with Crippen molar-refractivity contribution in [3.8, 4) is 0 Å². The number of halogens is 1. The van der Waals surface area contributed by atoms with Crippen LogP contribution in [-0.4, -0.2) is 17.1 Å². The van der Waals surface area contributed by atoms with Crippen molar-refractivity contribution in [2.24, 2.45) is 11.8 Å². The third kappa shape index (κ3) is 2.17. The second-order valence-electron chi connectivity index (χ2n) is 5.43. The lowest BCUT2D eigenvalue weighted by atomic mass is 9.88. The predicted octanol–water partition coefficient (Wildman–Crippen LogP) is 3.95. The van der Waals surface area contributed by atoms with E-state index in [0.29, 0.717) is 17.2 Å². The van der Waals surface area contributed by atoms with Gasteiger partial charge in [0.1, 0.15) is 10.5 Å². The number of fused-ring (bicyclic) bond motifs is 2. The van der Waals surface area contributed by atoms with Gasteiger partial charge in [-0.2, -0.15) is 0 Å². The topological polar surface area (TPSA) is 37.9 Å². The number of rotatable bonds is 3. The van der Waals surface area contributed by atoms with Gasteiger partial charge in [-0.1, -0.05) is 18.6 Å². The number of aromatic nitrogens is 2. The summed E-state index contributed by atoms with van der Waals surface area (Å²) >= 11 is 8.82. The van der Waals surface area contributed by atoms with Gasteiger partial charge in [0, 0.05) is 13.0 Å². The SMILES string of the molecule is COCc1[nH]c(C2CC3CCC2C3)nc(=S)c1Br. The maximum Gasteiger partial charge on any atom is 0.144 e. The zero-order valence-corrected chi connectivity index (χ0v) is 12.8. The van der Waals surface area contributed by atoms with Crippen LogP contribution in [0.15, 0.2) is 4.47 Å². The van der Waals surface area contributed by atoms with Gasteiger partial charge in [-0.05, 0) is 47.0 Å². The van der Waals surface area contributed by atoms with E-state index < -0.39 is 0 Å². The number of H-pyrrole nitrogens is 1. The van der Waals surface area contributed by atoms with Crippen molar-refractivity contribution in [2.75, 3.05) is 7.11 Å². The van der Waals surface area contributed by atoms with Crippen LogP contribution >= 0.6 is 28.1 Å². The summed E-state index contributed by atoms with van der Waals surface area (Å²) in [6, 6.07) is 0. The van der Waals surface area contributed by atoms with Crippen LogP contribution in [0.4, 0.5) is 0 Å². The molecule has 5 heteroatoms. The molecule has 0 aromatic carbocycles. The molecule has 3 rings (SSSR count). The molecule has 98 valence electrons. The molecule has 1 N–H and O–H groups in total. The van der Waals surface area contributed by atoms with Crippen LogP contribution in [0.25, 0.3) is 0 Å². The molecule has 3 atom stereocenters. The van der Waals surface area contributed by atoms with Crippen LogP contribution in [0.1, 0.15) is 43.1 Å². The summed E-state index contributed by atoms with van der Waals surface area (Å²) in [6.45, 7) is 0.542. The molecule has 3 nitrogen and oxygen atoms in total. The highest BCUT2D eigenvalue weighted by Crippen LogP contribution is 2.52. The van der Waals surface area contributed by atoms with Crippen LogP contribution in [0.2, 0.25) is 0 Å². The molecule has 18 heavy (non-hydrogen) atoms. The van der Waals surface area contributed by atoms with E-state index in [2.05, 4.69) is 25.9 Å². The fourth-order valence-electron chi connectivity index (χ4n) is 3.52. The van der Waals surface area contributed by atoms with Crippen LogP contribution in [0.3, 0.4) is 0 Å². The van der Waals surface area contributed by atoms with Crippen molar-refractivity contribution >= 4 is 28.1 Å². The number of aromatic amines is 1. The average Bonchev–Trinajstić information content (AvgIpc) is 2.97. The summed E-state index contributed by atoms with van der Waals surface area (Å²) < 4.78 is 6.73. The predicted molar refractivity (Wildman–Crippen MR) is 76.0 cm³/mol. The third-order valence-corrected chi connectivity index (χ3v) is 5.74. The minimum atomic E-state index is 0.542. The Morgan fingerprint density at radius 3 is 2.89 bits per heavy atom. The first-order chi connectivity index (χ1) is 8.69. The summed E-state index contributed by atoms with van der Waals surface area (Å²) in [5, 5.41) is 0. The lowest BCUT2D eigenvalue weighted by Gasteiger charge is -2.21. The number of nitrogens with zero attached hydrogens (tertiary/aromatic N) is 1. The molecule has 0 amide bonds. The van der Waals surface area contributed by atoms with Crippen molar-refractivity contribution in [1.29, 1.82) is 0 Å². The number of ether oxygens (including phenoxy) is 1. The molecule has 0 spiro atoms. The van der Waals surface area contributed by atoms with Crippen molar-refractivity contribution in [3.63, 3.8) is 0 Å². The van der Waals surface area contributed by atoms with Crippen molar-refractivity contribution < 1.29 is 4.74 Å². The maximum absolute atomic E-state index is 5.33. The fraction of sp³-hybridized carbons (Fsp3) is 0.692. The minimum absolute atomic E-state index is 0.542. The van der Waals surface area contributed by atoms with E-state index in [-0.39, 0.29) is 0 Å².